The number of hydrogen-bond acceptors (Lipinski definition) is 5. The lowest BCUT2D eigenvalue weighted by Crippen LogP contribution is -2.54. The summed E-state index contributed by atoms with van der Waals surface area (Å²) in [6, 6.07) is 4.63. The molecule has 8 nitrogen and oxygen atoms in total. The van der Waals surface area contributed by atoms with Crippen molar-refractivity contribution >= 4 is 17.9 Å². The van der Waals surface area contributed by atoms with E-state index in [4.69, 9.17) is 11.2 Å². The molecule has 0 aliphatic carbocycles. The smallest absolute Gasteiger partial charge is 0.408 e. The zero-order valence-electron chi connectivity index (χ0n) is 20.3. The summed E-state index contributed by atoms with van der Waals surface area (Å²) in [5.74, 6) is 1.60. The minimum atomic E-state index is -1.28. The van der Waals surface area contributed by atoms with E-state index < -0.39 is 36.3 Å². The molecule has 2 unspecified atom stereocenters. The molecule has 0 aromatic heterocycles. The van der Waals surface area contributed by atoms with Gasteiger partial charge in [0.05, 0.1) is 6.61 Å². The van der Waals surface area contributed by atoms with E-state index in [9.17, 15) is 19.5 Å². The Morgan fingerprint density at radius 3 is 2.39 bits per heavy atom. The van der Waals surface area contributed by atoms with Crippen molar-refractivity contribution in [1.82, 2.24) is 15.5 Å². The molecule has 0 bridgehead atoms. The number of nitrogens with one attached hydrogen (secondary N) is 2. The number of aliphatic hydroxyl groups is 1. The predicted molar refractivity (Wildman–Crippen MR) is 127 cm³/mol. The molecule has 1 aromatic rings. The molecule has 0 fully saturated rings. The standard InChI is InChI=1S/C25H37N3O5/c1-7-10-15-26-22(30)21(19-14-12-11-13-18(19)9-3)28(16-8-2)23(31)20(17-29)27-24(32)33-25(4,5)6/h3,11-14,20-21,29H,7-8,10,15-17H2,1-2,4-6H3,(H,26,30)(H,27,32). The zero-order valence-corrected chi connectivity index (χ0v) is 20.3. The Hall–Kier alpha value is -3.05. The number of carbonyl (C=O) groups excluding carboxylic acids is 3. The van der Waals surface area contributed by atoms with E-state index in [-0.39, 0.29) is 12.5 Å². The Balaban J connectivity index is 3.36. The second-order valence-corrected chi connectivity index (χ2v) is 8.69. The number of amides is 3. The lowest BCUT2D eigenvalue weighted by molar-refractivity contribution is -0.143. The highest BCUT2D eigenvalue weighted by Gasteiger charge is 2.36. The minimum absolute atomic E-state index is 0.218. The molecule has 0 aliphatic heterocycles. The van der Waals surface area contributed by atoms with Crippen LogP contribution in [0.3, 0.4) is 0 Å². The number of benzene rings is 1. The summed E-state index contributed by atoms with van der Waals surface area (Å²) in [6.45, 7) is 8.98. The lowest BCUT2D eigenvalue weighted by atomic mass is 9.97. The van der Waals surface area contributed by atoms with Gasteiger partial charge in [0.25, 0.3) is 0 Å². The summed E-state index contributed by atoms with van der Waals surface area (Å²) in [5.41, 5.74) is 0.219. The fraction of sp³-hybridized carbons (Fsp3) is 0.560. The fourth-order valence-corrected chi connectivity index (χ4v) is 3.25. The second kappa shape index (κ2) is 13.5. The molecule has 33 heavy (non-hydrogen) atoms. The van der Waals surface area contributed by atoms with Crippen LogP contribution in [0, 0.1) is 12.3 Å². The number of unbranched alkanes of at least 4 members (excludes halogenated alkanes) is 1. The maximum absolute atomic E-state index is 13.5. The van der Waals surface area contributed by atoms with Gasteiger partial charge in [0, 0.05) is 18.7 Å². The van der Waals surface area contributed by atoms with Gasteiger partial charge in [-0.3, -0.25) is 9.59 Å². The van der Waals surface area contributed by atoms with Gasteiger partial charge in [-0.1, -0.05) is 44.4 Å². The highest BCUT2D eigenvalue weighted by molar-refractivity contribution is 5.92. The Morgan fingerprint density at radius 2 is 1.85 bits per heavy atom. The van der Waals surface area contributed by atoms with Crippen molar-refractivity contribution in [2.45, 2.75) is 71.6 Å². The predicted octanol–water partition coefficient (Wildman–Crippen LogP) is 2.75. The Morgan fingerprint density at radius 1 is 1.18 bits per heavy atom. The fourth-order valence-electron chi connectivity index (χ4n) is 3.25. The Kier molecular flexibility index (Phi) is 11.4. The summed E-state index contributed by atoms with van der Waals surface area (Å²) in [4.78, 5) is 40.4. The molecular weight excluding hydrogens is 422 g/mol. The van der Waals surface area contributed by atoms with Gasteiger partial charge in [0.1, 0.15) is 17.7 Å². The third-order valence-electron chi connectivity index (χ3n) is 4.72. The summed E-state index contributed by atoms with van der Waals surface area (Å²) in [6.07, 6.45) is 7.07. The number of hydrogen-bond donors (Lipinski definition) is 3. The van der Waals surface area contributed by atoms with Gasteiger partial charge in [0.2, 0.25) is 11.8 Å². The quantitative estimate of drug-likeness (QED) is 0.348. The molecule has 0 heterocycles. The van der Waals surface area contributed by atoms with Crippen molar-refractivity contribution in [3.05, 3.63) is 35.4 Å². The molecule has 3 N–H and O–H groups in total. The summed E-state index contributed by atoms with van der Waals surface area (Å²) < 4.78 is 5.22. The number of nitrogens with zero attached hydrogens (tertiary/aromatic N) is 1. The topological polar surface area (TPSA) is 108 Å². The van der Waals surface area contributed by atoms with Gasteiger partial charge in [-0.05, 0) is 45.2 Å². The van der Waals surface area contributed by atoms with Gasteiger partial charge in [-0.2, -0.15) is 0 Å². The number of rotatable bonds is 11. The van der Waals surface area contributed by atoms with E-state index in [1.165, 1.54) is 4.90 Å². The molecular formula is C25H37N3O5. The number of ether oxygens (including phenoxy) is 1. The van der Waals surface area contributed by atoms with Crippen LogP contribution in [0.25, 0.3) is 0 Å². The van der Waals surface area contributed by atoms with Crippen LogP contribution < -0.4 is 10.6 Å². The van der Waals surface area contributed by atoms with Gasteiger partial charge in [0.15, 0.2) is 0 Å². The van der Waals surface area contributed by atoms with E-state index in [0.29, 0.717) is 24.1 Å². The second-order valence-electron chi connectivity index (χ2n) is 8.69. The minimum Gasteiger partial charge on any atom is -0.444 e. The lowest BCUT2D eigenvalue weighted by Gasteiger charge is -2.34. The van der Waals surface area contributed by atoms with Crippen LogP contribution in [-0.2, 0) is 14.3 Å². The molecule has 2 atom stereocenters. The van der Waals surface area contributed by atoms with Gasteiger partial charge >= 0.3 is 6.09 Å². The number of alkyl carbamates (subject to hydrolysis) is 1. The zero-order chi connectivity index (χ0) is 25.0. The monoisotopic (exact) mass is 459 g/mol. The molecule has 3 amide bonds. The molecule has 0 aliphatic rings. The third kappa shape index (κ3) is 8.78. The Labute approximate surface area is 197 Å². The van der Waals surface area contributed by atoms with Crippen LogP contribution in [0.5, 0.6) is 0 Å². The highest BCUT2D eigenvalue weighted by atomic mass is 16.6. The SMILES string of the molecule is C#Cc1ccccc1C(C(=O)NCCCC)N(CCC)C(=O)C(CO)NC(=O)OC(C)(C)C. The molecule has 182 valence electrons. The van der Waals surface area contributed by atoms with Crippen LogP contribution >= 0.6 is 0 Å². The van der Waals surface area contributed by atoms with Crippen LogP contribution in [0.1, 0.15) is 71.0 Å². The normalized spacial score (nSPS) is 12.8. The molecule has 0 saturated carbocycles. The van der Waals surface area contributed by atoms with Crippen LogP contribution in [0.4, 0.5) is 4.79 Å². The van der Waals surface area contributed by atoms with Crippen molar-refractivity contribution in [3.8, 4) is 12.3 Å². The van der Waals surface area contributed by atoms with Crippen molar-refractivity contribution in [3.63, 3.8) is 0 Å². The van der Waals surface area contributed by atoms with Crippen LogP contribution in [0.2, 0.25) is 0 Å². The van der Waals surface area contributed by atoms with Crippen molar-refractivity contribution in [2.24, 2.45) is 0 Å². The van der Waals surface area contributed by atoms with E-state index in [1.807, 2.05) is 13.8 Å². The first kappa shape index (κ1) is 28.0. The summed E-state index contributed by atoms with van der Waals surface area (Å²) in [5, 5.41) is 15.2. The number of aliphatic hydroxyl groups excluding tert-OH is 1. The molecule has 0 radical (unpaired) electrons. The van der Waals surface area contributed by atoms with E-state index >= 15 is 0 Å². The maximum atomic E-state index is 13.5. The van der Waals surface area contributed by atoms with Crippen LogP contribution in [-0.4, -0.2) is 59.3 Å². The molecule has 8 heteroatoms. The largest absolute Gasteiger partial charge is 0.444 e. The van der Waals surface area contributed by atoms with Crippen LogP contribution in [0.15, 0.2) is 24.3 Å². The highest BCUT2D eigenvalue weighted by Crippen LogP contribution is 2.26. The maximum Gasteiger partial charge on any atom is 0.408 e. The van der Waals surface area contributed by atoms with Gasteiger partial charge < -0.3 is 25.4 Å². The van der Waals surface area contributed by atoms with E-state index in [1.54, 1.807) is 45.0 Å². The Bertz CT molecular complexity index is 841. The number of carbonyl (C=O) groups is 3. The average Bonchev–Trinajstić information content (AvgIpc) is 2.76. The van der Waals surface area contributed by atoms with Crippen molar-refractivity contribution < 1.29 is 24.2 Å². The molecule has 0 spiro atoms. The third-order valence-corrected chi connectivity index (χ3v) is 4.72. The summed E-state index contributed by atoms with van der Waals surface area (Å²) in [7, 11) is 0. The average molecular weight is 460 g/mol. The van der Waals surface area contributed by atoms with E-state index in [0.717, 1.165) is 12.8 Å². The van der Waals surface area contributed by atoms with E-state index in [2.05, 4.69) is 16.6 Å². The molecule has 1 aromatic carbocycles. The van der Waals surface area contributed by atoms with Gasteiger partial charge in [-0.15, -0.1) is 6.42 Å². The van der Waals surface area contributed by atoms with Crippen molar-refractivity contribution in [1.29, 1.82) is 0 Å². The first-order valence-electron chi connectivity index (χ1n) is 11.3. The first-order valence-corrected chi connectivity index (χ1v) is 11.3. The summed E-state index contributed by atoms with van der Waals surface area (Å²) >= 11 is 0. The molecule has 1 rings (SSSR count). The number of terminal acetylenes is 1. The molecule has 0 saturated heterocycles. The first-order chi connectivity index (χ1) is 15.6. The van der Waals surface area contributed by atoms with Crippen molar-refractivity contribution in [2.75, 3.05) is 19.7 Å². The van der Waals surface area contributed by atoms with Gasteiger partial charge in [-0.25, -0.2) is 4.79 Å².